The van der Waals surface area contributed by atoms with Crippen LogP contribution in [0.1, 0.15) is 36.5 Å². The topological polar surface area (TPSA) is 33.2 Å². The van der Waals surface area contributed by atoms with Gasteiger partial charge in [-0.05, 0) is 30.9 Å². The maximum absolute atomic E-state index is 12.2. The molecule has 0 spiro atoms. The maximum Gasteiger partial charge on any atom is 0.255 e. The van der Waals surface area contributed by atoms with Crippen molar-refractivity contribution in [2.45, 2.75) is 26.2 Å². The van der Waals surface area contributed by atoms with Crippen molar-refractivity contribution in [3.63, 3.8) is 0 Å². The van der Waals surface area contributed by atoms with Crippen molar-refractivity contribution in [1.29, 1.82) is 0 Å². The molecule has 1 aliphatic heterocycles. The van der Waals surface area contributed by atoms with E-state index in [4.69, 9.17) is 11.6 Å². The van der Waals surface area contributed by atoms with E-state index in [9.17, 15) is 4.79 Å². The van der Waals surface area contributed by atoms with E-state index in [1.165, 1.54) is 12.8 Å². The van der Waals surface area contributed by atoms with Gasteiger partial charge in [0, 0.05) is 19.3 Å². The van der Waals surface area contributed by atoms with Crippen molar-refractivity contribution < 1.29 is 4.79 Å². The van der Waals surface area contributed by atoms with Gasteiger partial charge in [0.25, 0.3) is 5.91 Å². The zero-order valence-electron chi connectivity index (χ0n) is 10.0. The number of amides is 1. The molecule has 17 heavy (non-hydrogen) atoms. The fourth-order valence-corrected chi connectivity index (χ4v) is 2.46. The molecule has 2 rings (SSSR count). The Labute approximate surface area is 107 Å². The lowest BCUT2D eigenvalue weighted by Gasteiger charge is -2.16. The van der Waals surface area contributed by atoms with E-state index in [1.54, 1.807) is 18.3 Å². The minimum atomic E-state index is 0.0766. The summed E-state index contributed by atoms with van der Waals surface area (Å²) in [6.07, 6.45) is 5.08. The monoisotopic (exact) mass is 252 g/mol. The van der Waals surface area contributed by atoms with Crippen LogP contribution < -0.4 is 0 Å². The number of halogens is 1. The molecule has 1 amide bonds. The average Bonchev–Trinajstić information content (AvgIpc) is 2.78. The molecule has 1 aliphatic rings. The molecule has 1 fully saturated rings. The van der Waals surface area contributed by atoms with Crippen LogP contribution in [0.15, 0.2) is 18.3 Å². The zero-order chi connectivity index (χ0) is 12.3. The number of hydrogen-bond acceptors (Lipinski definition) is 2. The number of pyridine rings is 1. The van der Waals surface area contributed by atoms with Gasteiger partial charge in [0.05, 0.1) is 5.56 Å². The van der Waals surface area contributed by atoms with Crippen LogP contribution in [0.5, 0.6) is 0 Å². The van der Waals surface area contributed by atoms with Crippen LogP contribution in [0.25, 0.3) is 0 Å². The zero-order valence-corrected chi connectivity index (χ0v) is 10.8. The fraction of sp³-hybridized carbons (Fsp3) is 0.538. The molecule has 1 atom stereocenters. The third kappa shape index (κ3) is 2.97. The molecule has 1 saturated heterocycles. The van der Waals surface area contributed by atoms with Crippen LogP contribution in [-0.4, -0.2) is 28.9 Å². The Bertz CT molecular complexity index is 391. The number of nitrogens with zero attached hydrogens (tertiary/aromatic N) is 2. The van der Waals surface area contributed by atoms with Crippen LogP contribution in [-0.2, 0) is 0 Å². The molecule has 1 aromatic heterocycles. The first-order chi connectivity index (χ1) is 8.20. The van der Waals surface area contributed by atoms with Gasteiger partial charge in [0.2, 0.25) is 0 Å². The number of hydrogen-bond donors (Lipinski definition) is 0. The van der Waals surface area contributed by atoms with Crippen molar-refractivity contribution in [3.05, 3.63) is 29.0 Å². The highest BCUT2D eigenvalue weighted by molar-refractivity contribution is 6.29. The van der Waals surface area contributed by atoms with Crippen LogP contribution >= 0.6 is 11.6 Å². The first-order valence-corrected chi connectivity index (χ1v) is 6.49. The van der Waals surface area contributed by atoms with E-state index < -0.39 is 0 Å². The third-order valence-corrected chi connectivity index (χ3v) is 3.47. The molecule has 0 saturated carbocycles. The smallest absolute Gasteiger partial charge is 0.255 e. The lowest BCUT2D eigenvalue weighted by Crippen LogP contribution is -2.28. The van der Waals surface area contributed by atoms with Crippen LogP contribution in [0, 0.1) is 5.92 Å². The van der Waals surface area contributed by atoms with Gasteiger partial charge in [-0.2, -0.15) is 0 Å². The summed E-state index contributed by atoms with van der Waals surface area (Å²) < 4.78 is 0. The molecular formula is C13H17ClN2O. The van der Waals surface area contributed by atoms with Gasteiger partial charge in [-0.3, -0.25) is 4.79 Å². The quantitative estimate of drug-likeness (QED) is 0.775. The van der Waals surface area contributed by atoms with Crippen molar-refractivity contribution in [2.75, 3.05) is 13.1 Å². The Kier molecular flexibility index (Phi) is 4.00. The number of likely N-dealkylation sites (tertiary alicyclic amines) is 1. The Morgan fingerprint density at radius 3 is 3.06 bits per heavy atom. The molecule has 92 valence electrons. The second-order valence-corrected chi connectivity index (χ2v) is 4.95. The first-order valence-electron chi connectivity index (χ1n) is 6.11. The van der Waals surface area contributed by atoms with Crippen LogP contribution in [0.3, 0.4) is 0 Å². The third-order valence-electron chi connectivity index (χ3n) is 3.24. The predicted octanol–water partition coefficient (Wildman–Crippen LogP) is 3.00. The van der Waals surface area contributed by atoms with Crippen LogP contribution in [0.4, 0.5) is 0 Å². The van der Waals surface area contributed by atoms with E-state index in [0.29, 0.717) is 16.6 Å². The fourth-order valence-electron chi connectivity index (χ4n) is 2.35. The van der Waals surface area contributed by atoms with Crippen molar-refractivity contribution in [1.82, 2.24) is 9.88 Å². The molecule has 0 aliphatic carbocycles. The summed E-state index contributed by atoms with van der Waals surface area (Å²) >= 11 is 5.70. The number of aromatic nitrogens is 1. The highest BCUT2D eigenvalue weighted by Crippen LogP contribution is 2.22. The van der Waals surface area contributed by atoms with E-state index >= 15 is 0 Å². The van der Waals surface area contributed by atoms with Gasteiger partial charge in [-0.15, -0.1) is 0 Å². The largest absolute Gasteiger partial charge is 0.338 e. The molecule has 1 aromatic rings. The number of carbonyl (C=O) groups excluding carboxylic acids is 1. The second-order valence-electron chi connectivity index (χ2n) is 4.56. The van der Waals surface area contributed by atoms with E-state index in [-0.39, 0.29) is 5.91 Å². The minimum Gasteiger partial charge on any atom is -0.338 e. The number of carbonyl (C=O) groups is 1. The average molecular weight is 253 g/mol. The summed E-state index contributed by atoms with van der Waals surface area (Å²) in [5.74, 6) is 0.747. The second kappa shape index (κ2) is 5.50. The summed E-state index contributed by atoms with van der Waals surface area (Å²) in [6, 6.07) is 3.40. The summed E-state index contributed by atoms with van der Waals surface area (Å²) in [5, 5.41) is 0.423. The molecule has 3 nitrogen and oxygen atoms in total. The molecule has 0 N–H and O–H groups in total. The molecular weight excluding hydrogens is 236 g/mol. The number of rotatable bonds is 3. The summed E-state index contributed by atoms with van der Waals surface area (Å²) in [4.78, 5) is 18.0. The summed E-state index contributed by atoms with van der Waals surface area (Å²) in [7, 11) is 0. The highest BCUT2D eigenvalue weighted by Gasteiger charge is 2.26. The first kappa shape index (κ1) is 12.4. The SMILES string of the molecule is CCCC1CCN(C(=O)c2ccc(Cl)nc2)C1. The van der Waals surface area contributed by atoms with Gasteiger partial charge in [-0.25, -0.2) is 4.98 Å². The van der Waals surface area contributed by atoms with Gasteiger partial charge >= 0.3 is 0 Å². The molecule has 4 heteroatoms. The maximum atomic E-state index is 12.2. The Balaban J connectivity index is 1.99. The molecule has 0 aromatic carbocycles. The highest BCUT2D eigenvalue weighted by atomic mass is 35.5. The Morgan fingerprint density at radius 1 is 1.59 bits per heavy atom. The van der Waals surface area contributed by atoms with Crippen molar-refractivity contribution in [3.8, 4) is 0 Å². The lowest BCUT2D eigenvalue weighted by molar-refractivity contribution is 0.0786. The predicted molar refractivity (Wildman–Crippen MR) is 68.2 cm³/mol. The van der Waals surface area contributed by atoms with Gasteiger partial charge < -0.3 is 4.90 Å². The summed E-state index contributed by atoms with van der Waals surface area (Å²) in [5.41, 5.74) is 0.631. The Hall–Kier alpha value is -1.09. The molecule has 2 heterocycles. The molecule has 0 radical (unpaired) electrons. The normalized spacial score (nSPS) is 19.6. The molecule has 1 unspecified atom stereocenters. The van der Waals surface area contributed by atoms with Gasteiger partial charge in [0.1, 0.15) is 5.15 Å². The van der Waals surface area contributed by atoms with Gasteiger partial charge in [0.15, 0.2) is 0 Å². The minimum absolute atomic E-state index is 0.0766. The molecule has 0 bridgehead atoms. The van der Waals surface area contributed by atoms with E-state index in [2.05, 4.69) is 11.9 Å². The van der Waals surface area contributed by atoms with Crippen molar-refractivity contribution in [2.24, 2.45) is 5.92 Å². The Morgan fingerprint density at radius 2 is 2.41 bits per heavy atom. The lowest BCUT2D eigenvalue weighted by atomic mass is 10.0. The standard InChI is InChI=1S/C13H17ClN2O/c1-2-3-10-6-7-16(9-10)13(17)11-4-5-12(14)15-8-11/h4-5,8,10H,2-3,6-7,9H2,1H3. The summed E-state index contributed by atoms with van der Waals surface area (Å²) in [6.45, 7) is 3.94. The van der Waals surface area contributed by atoms with Crippen molar-refractivity contribution >= 4 is 17.5 Å². The van der Waals surface area contributed by atoms with E-state index in [0.717, 1.165) is 19.5 Å². The van der Waals surface area contributed by atoms with Crippen LogP contribution in [0.2, 0.25) is 5.15 Å². The van der Waals surface area contributed by atoms with Gasteiger partial charge in [-0.1, -0.05) is 24.9 Å². The van der Waals surface area contributed by atoms with E-state index in [1.807, 2.05) is 4.90 Å².